The van der Waals surface area contributed by atoms with Gasteiger partial charge in [0.15, 0.2) is 0 Å². The van der Waals surface area contributed by atoms with Gasteiger partial charge in [-0.15, -0.1) is 0 Å². The zero-order chi connectivity index (χ0) is 12.6. The number of carbonyl (C=O) groups is 1. The molecule has 5 nitrogen and oxygen atoms in total. The van der Waals surface area contributed by atoms with Gasteiger partial charge < -0.3 is 9.84 Å². The van der Waals surface area contributed by atoms with E-state index in [1.807, 2.05) is 0 Å². The minimum absolute atomic E-state index is 0.105. The van der Waals surface area contributed by atoms with Crippen LogP contribution in [-0.4, -0.2) is 26.6 Å². The Bertz CT molecular complexity index is 613. The van der Waals surface area contributed by atoms with Crippen molar-refractivity contribution in [3.05, 3.63) is 28.7 Å². The summed E-state index contributed by atoms with van der Waals surface area (Å²) in [5.74, 6) is -0.752. The fourth-order valence-corrected chi connectivity index (χ4v) is 3.33. The van der Waals surface area contributed by atoms with Crippen LogP contribution in [0.4, 0.5) is 0 Å². The highest BCUT2D eigenvalue weighted by atomic mass is 32.2. The zero-order valence-corrected chi connectivity index (χ0v) is 9.82. The predicted molar refractivity (Wildman–Crippen MR) is 60.4 cm³/mol. The van der Waals surface area contributed by atoms with Crippen LogP contribution in [0.15, 0.2) is 28.0 Å². The Morgan fingerprint density at radius 1 is 1.41 bits per heavy atom. The van der Waals surface area contributed by atoms with Crippen molar-refractivity contribution >= 4 is 21.9 Å². The first-order valence-corrected chi connectivity index (χ1v) is 6.29. The number of aliphatic carboxylic acids is 1. The van der Waals surface area contributed by atoms with E-state index in [1.165, 1.54) is 19.3 Å². The van der Waals surface area contributed by atoms with Crippen LogP contribution in [0, 0.1) is 0 Å². The molecule has 1 heterocycles. The second-order valence-electron chi connectivity index (χ2n) is 3.56. The van der Waals surface area contributed by atoms with Crippen LogP contribution in [0.1, 0.15) is 12.0 Å². The summed E-state index contributed by atoms with van der Waals surface area (Å²) in [5.41, 5.74) is 0.422. The zero-order valence-electron chi connectivity index (χ0n) is 9.00. The lowest BCUT2D eigenvalue weighted by Crippen LogP contribution is -2.05. The van der Waals surface area contributed by atoms with Gasteiger partial charge in [-0.1, -0.05) is 6.07 Å². The molecule has 0 unspecified atom stereocenters. The summed E-state index contributed by atoms with van der Waals surface area (Å²) in [4.78, 5) is 10.6. The largest absolute Gasteiger partial charge is 0.496 e. The number of hydrogen-bond acceptors (Lipinski definition) is 4. The number of methoxy groups -OCH3 is 1. The van der Waals surface area contributed by atoms with Crippen molar-refractivity contribution in [1.82, 2.24) is 0 Å². The predicted octanol–water partition coefficient (Wildman–Crippen LogP) is 1.30. The second-order valence-corrected chi connectivity index (χ2v) is 5.53. The number of fused-ring (bicyclic) bond motifs is 1. The Balaban J connectivity index is 2.61. The summed E-state index contributed by atoms with van der Waals surface area (Å²) in [7, 11) is -2.24. The average Bonchev–Trinajstić information content (AvgIpc) is 2.50. The van der Waals surface area contributed by atoms with E-state index < -0.39 is 22.2 Å². The van der Waals surface area contributed by atoms with Crippen molar-refractivity contribution in [2.45, 2.75) is 11.3 Å². The van der Waals surface area contributed by atoms with Gasteiger partial charge in [-0.25, -0.2) is 8.42 Å². The smallest absolute Gasteiger partial charge is 0.308 e. The molecular weight excluding hydrogens is 244 g/mol. The average molecular weight is 254 g/mol. The molecule has 0 amide bonds. The molecule has 0 saturated heterocycles. The fourth-order valence-electron chi connectivity index (χ4n) is 1.75. The van der Waals surface area contributed by atoms with E-state index in [9.17, 15) is 13.2 Å². The highest BCUT2D eigenvalue weighted by Gasteiger charge is 2.32. The van der Waals surface area contributed by atoms with Gasteiger partial charge in [0.05, 0.1) is 23.3 Å². The summed E-state index contributed by atoms with van der Waals surface area (Å²) < 4.78 is 29.0. The van der Waals surface area contributed by atoms with Crippen molar-refractivity contribution in [2.75, 3.05) is 7.11 Å². The lowest BCUT2D eigenvalue weighted by atomic mass is 10.2. The van der Waals surface area contributed by atoms with E-state index in [4.69, 9.17) is 9.84 Å². The number of carboxylic acids is 1. The van der Waals surface area contributed by atoms with Gasteiger partial charge in [0.1, 0.15) is 5.75 Å². The molecule has 0 bridgehead atoms. The number of ether oxygens (including phenoxy) is 1. The third kappa shape index (κ3) is 1.80. The SMILES string of the molecule is COc1cccc2c1C=C(CC(=O)O)S2(=O)=O. The molecule has 1 N–H and O–H groups in total. The van der Waals surface area contributed by atoms with E-state index in [2.05, 4.69) is 0 Å². The third-order valence-electron chi connectivity index (χ3n) is 2.51. The lowest BCUT2D eigenvalue weighted by Gasteiger charge is -2.04. The van der Waals surface area contributed by atoms with Crippen LogP contribution >= 0.6 is 0 Å². The van der Waals surface area contributed by atoms with Crippen molar-refractivity contribution < 1.29 is 23.1 Å². The molecule has 17 heavy (non-hydrogen) atoms. The van der Waals surface area contributed by atoms with E-state index >= 15 is 0 Å². The normalized spacial score (nSPS) is 16.2. The maximum Gasteiger partial charge on any atom is 0.308 e. The molecule has 2 rings (SSSR count). The fraction of sp³-hybridized carbons (Fsp3) is 0.182. The number of sulfone groups is 1. The van der Waals surface area contributed by atoms with Crippen LogP contribution in [-0.2, 0) is 14.6 Å². The van der Waals surface area contributed by atoms with Gasteiger partial charge in [0, 0.05) is 5.56 Å². The van der Waals surface area contributed by atoms with Crippen LogP contribution in [0.2, 0.25) is 0 Å². The van der Waals surface area contributed by atoms with Crippen molar-refractivity contribution in [1.29, 1.82) is 0 Å². The van der Waals surface area contributed by atoms with Crippen LogP contribution in [0.3, 0.4) is 0 Å². The third-order valence-corrected chi connectivity index (χ3v) is 4.40. The Hall–Kier alpha value is -1.82. The van der Waals surface area contributed by atoms with Gasteiger partial charge in [-0.3, -0.25) is 4.79 Å². The summed E-state index contributed by atoms with van der Waals surface area (Å²) in [6, 6.07) is 4.64. The summed E-state index contributed by atoms with van der Waals surface area (Å²) in [6.07, 6.45) is 0.845. The Labute approximate surface area is 98.3 Å². The minimum Gasteiger partial charge on any atom is -0.496 e. The molecule has 0 aromatic heterocycles. The first-order chi connectivity index (χ1) is 7.96. The Kier molecular flexibility index (Phi) is 2.66. The van der Waals surface area contributed by atoms with Crippen LogP contribution < -0.4 is 4.74 Å². The first kappa shape index (κ1) is 11.7. The molecule has 0 fully saturated rings. The molecule has 6 heteroatoms. The molecule has 1 aliphatic rings. The minimum atomic E-state index is -3.67. The van der Waals surface area contributed by atoms with Gasteiger partial charge in [-0.05, 0) is 18.2 Å². The Morgan fingerprint density at radius 2 is 2.12 bits per heavy atom. The monoisotopic (exact) mass is 254 g/mol. The highest BCUT2D eigenvalue weighted by Crippen LogP contribution is 2.39. The van der Waals surface area contributed by atoms with E-state index in [0.29, 0.717) is 11.3 Å². The maximum atomic E-state index is 12.0. The van der Waals surface area contributed by atoms with Gasteiger partial charge in [0.25, 0.3) is 0 Å². The number of rotatable bonds is 3. The molecule has 90 valence electrons. The van der Waals surface area contributed by atoms with E-state index in [0.717, 1.165) is 0 Å². The topological polar surface area (TPSA) is 80.7 Å². The number of hydrogen-bond donors (Lipinski definition) is 1. The molecule has 0 radical (unpaired) electrons. The summed E-state index contributed by atoms with van der Waals surface area (Å²) in [5, 5.41) is 8.68. The molecule has 0 spiro atoms. The van der Waals surface area contributed by atoms with Crippen LogP contribution in [0.5, 0.6) is 5.75 Å². The van der Waals surface area contributed by atoms with Gasteiger partial charge >= 0.3 is 5.97 Å². The van der Waals surface area contributed by atoms with E-state index in [1.54, 1.807) is 12.1 Å². The molecule has 1 aromatic carbocycles. The standard InChI is InChI=1S/C11H10O5S/c1-16-9-3-2-4-10-8(9)5-7(6-11(12)13)17(10,14)15/h2-5H,6H2,1H3,(H,12,13). The van der Waals surface area contributed by atoms with E-state index in [-0.39, 0.29) is 9.80 Å². The lowest BCUT2D eigenvalue weighted by molar-refractivity contribution is -0.136. The highest BCUT2D eigenvalue weighted by molar-refractivity contribution is 7.95. The second kappa shape index (κ2) is 3.89. The molecule has 0 aliphatic carbocycles. The molecule has 0 atom stereocenters. The molecule has 0 saturated carbocycles. The van der Waals surface area contributed by atoms with Crippen molar-refractivity contribution in [3.8, 4) is 5.75 Å². The molecule has 1 aliphatic heterocycles. The van der Waals surface area contributed by atoms with Crippen molar-refractivity contribution in [3.63, 3.8) is 0 Å². The quantitative estimate of drug-likeness (QED) is 0.879. The molecule has 1 aromatic rings. The number of benzene rings is 1. The number of carboxylic acid groups (broad SMARTS) is 1. The molecular formula is C11H10O5S. The first-order valence-electron chi connectivity index (χ1n) is 4.81. The van der Waals surface area contributed by atoms with Crippen LogP contribution in [0.25, 0.3) is 6.08 Å². The van der Waals surface area contributed by atoms with Gasteiger partial charge in [-0.2, -0.15) is 0 Å². The summed E-state index contributed by atoms with van der Waals surface area (Å²) in [6.45, 7) is 0. The van der Waals surface area contributed by atoms with Gasteiger partial charge in [0.2, 0.25) is 9.84 Å². The van der Waals surface area contributed by atoms with Crippen molar-refractivity contribution in [2.24, 2.45) is 0 Å². The summed E-state index contributed by atoms with van der Waals surface area (Å²) >= 11 is 0. The maximum absolute atomic E-state index is 12.0. The Morgan fingerprint density at radius 3 is 2.71 bits per heavy atom.